The van der Waals surface area contributed by atoms with E-state index in [1.807, 2.05) is 0 Å². The van der Waals surface area contributed by atoms with E-state index < -0.39 is 0 Å². The highest BCUT2D eigenvalue weighted by Crippen LogP contribution is 2.19. The minimum atomic E-state index is 0.522. The summed E-state index contributed by atoms with van der Waals surface area (Å²) in [5.41, 5.74) is 0. The van der Waals surface area contributed by atoms with E-state index in [2.05, 4.69) is 19.2 Å². The summed E-state index contributed by atoms with van der Waals surface area (Å²) >= 11 is 0. The lowest BCUT2D eigenvalue weighted by atomic mass is 9.92. The van der Waals surface area contributed by atoms with E-state index in [-0.39, 0.29) is 0 Å². The summed E-state index contributed by atoms with van der Waals surface area (Å²) in [5, 5.41) is 3.59. The molecule has 0 spiro atoms. The molecule has 3 heteroatoms. The van der Waals surface area contributed by atoms with Gasteiger partial charge in [0.2, 0.25) is 0 Å². The SMILES string of the molecule is CCCNC(COCC)C1CCOCC1. The molecule has 1 fully saturated rings. The molecule has 0 radical (unpaired) electrons. The third kappa shape index (κ3) is 4.96. The lowest BCUT2D eigenvalue weighted by Gasteiger charge is -2.30. The van der Waals surface area contributed by atoms with Crippen LogP contribution in [0.4, 0.5) is 0 Å². The van der Waals surface area contributed by atoms with E-state index in [1.165, 1.54) is 19.3 Å². The molecule has 0 amide bonds. The summed E-state index contributed by atoms with van der Waals surface area (Å²) in [5.74, 6) is 0.733. The van der Waals surface area contributed by atoms with Crippen molar-refractivity contribution in [3.05, 3.63) is 0 Å². The third-order valence-electron chi connectivity index (χ3n) is 2.99. The molecular weight excluding hydrogens is 190 g/mol. The number of hydrogen-bond donors (Lipinski definition) is 1. The van der Waals surface area contributed by atoms with Crippen molar-refractivity contribution in [1.29, 1.82) is 0 Å². The van der Waals surface area contributed by atoms with Gasteiger partial charge in [0.15, 0.2) is 0 Å². The van der Waals surface area contributed by atoms with Crippen molar-refractivity contribution in [2.75, 3.05) is 33.0 Å². The second-order valence-corrected chi connectivity index (χ2v) is 4.17. The highest BCUT2D eigenvalue weighted by Gasteiger charge is 2.23. The minimum absolute atomic E-state index is 0.522. The van der Waals surface area contributed by atoms with Gasteiger partial charge in [0.05, 0.1) is 6.61 Å². The van der Waals surface area contributed by atoms with Gasteiger partial charge in [-0.3, -0.25) is 0 Å². The Balaban J connectivity index is 2.30. The lowest BCUT2D eigenvalue weighted by molar-refractivity contribution is 0.0311. The van der Waals surface area contributed by atoms with Gasteiger partial charge in [-0.1, -0.05) is 6.92 Å². The van der Waals surface area contributed by atoms with E-state index >= 15 is 0 Å². The van der Waals surface area contributed by atoms with Crippen molar-refractivity contribution in [3.8, 4) is 0 Å². The monoisotopic (exact) mass is 215 g/mol. The van der Waals surface area contributed by atoms with Crippen molar-refractivity contribution in [2.45, 2.75) is 39.2 Å². The summed E-state index contributed by atoms with van der Waals surface area (Å²) in [4.78, 5) is 0. The van der Waals surface area contributed by atoms with Crippen molar-refractivity contribution in [2.24, 2.45) is 5.92 Å². The molecule has 1 aliphatic heterocycles. The van der Waals surface area contributed by atoms with E-state index in [0.717, 1.165) is 38.9 Å². The number of hydrogen-bond acceptors (Lipinski definition) is 3. The molecule has 1 aliphatic rings. The quantitative estimate of drug-likeness (QED) is 0.702. The maximum absolute atomic E-state index is 5.54. The molecule has 1 rings (SSSR count). The van der Waals surface area contributed by atoms with Gasteiger partial charge in [-0.25, -0.2) is 0 Å². The predicted octanol–water partition coefficient (Wildman–Crippen LogP) is 1.82. The Bertz CT molecular complexity index is 139. The average molecular weight is 215 g/mol. The molecular formula is C12H25NO2. The van der Waals surface area contributed by atoms with Gasteiger partial charge in [0, 0.05) is 25.9 Å². The molecule has 0 aromatic heterocycles. The average Bonchev–Trinajstić information content (AvgIpc) is 2.30. The molecule has 3 nitrogen and oxygen atoms in total. The highest BCUT2D eigenvalue weighted by molar-refractivity contribution is 4.78. The summed E-state index contributed by atoms with van der Waals surface area (Å²) in [6.07, 6.45) is 3.54. The molecule has 1 N–H and O–H groups in total. The maximum atomic E-state index is 5.54. The molecule has 1 heterocycles. The Morgan fingerprint density at radius 1 is 1.33 bits per heavy atom. The molecule has 0 aliphatic carbocycles. The van der Waals surface area contributed by atoms with Crippen LogP contribution < -0.4 is 5.32 Å². The largest absolute Gasteiger partial charge is 0.381 e. The lowest BCUT2D eigenvalue weighted by Crippen LogP contribution is -2.42. The van der Waals surface area contributed by atoms with Crippen molar-refractivity contribution >= 4 is 0 Å². The van der Waals surface area contributed by atoms with Crippen molar-refractivity contribution < 1.29 is 9.47 Å². The number of ether oxygens (including phenoxy) is 2. The Morgan fingerprint density at radius 3 is 2.67 bits per heavy atom. The Kier molecular flexibility index (Phi) is 6.98. The topological polar surface area (TPSA) is 30.5 Å². The Hall–Kier alpha value is -0.120. The van der Waals surface area contributed by atoms with Gasteiger partial charge < -0.3 is 14.8 Å². The second-order valence-electron chi connectivity index (χ2n) is 4.17. The van der Waals surface area contributed by atoms with Crippen LogP contribution in [-0.4, -0.2) is 39.0 Å². The van der Waals surface area contributed by atoms with Crippen molar-refractivity contribution in [1.82, 2.24) is 5.32 Å². The normalized spacial score (nSPS) is 20.4. The predicted molar refractivity (Wildman–Crippen MR) is 62.1 cm³/mol. The van der Waals surface area contributed by atoms with Crippen LogP contribution in [0.3, 0.4) is 0 Å². The van der Waals surface area contributed by atoms with E-state index in [0.29, 0.717) is 6.04 Å². The van der Waals surface area contributed by atoms with Crippen LogP contribution in [0.2, 0.25) is 0 Å². The fourth-order valence-corrected chi connectivity index (χ4v) is 2.05. The first kappa shape index (κ1) is 12.9. The first-order chi connectivity index (χ1) is 7.38. The summed E-state index contributed by atoms with van der Waals surface area (Å²) < 4.78 is 10.9. The molecule has 1 unspecified atom stereocenters. The van der Waals surface area contributed by atoms with Gasteiger partial charge in [-0.05, 0) is 38.6 Å². The first-order valence-electron chi connectivity index (χ1n) is 6.27. The van der Waals surface area contributed by atoms with Gasteiger partial charge in [-0.15, -0.1) is 0 Å². The highest BCUT2D eigenvalue weighted by atomic mass is 16.5. The number of rotatable bonds is 7. The molecule has 0 bridgehead atoms. The maximum Gasteiger partial charge on any atom is 0.0622 e. The zero-order valence-corrected chi connectivity index (χ0v) is 10.1. The van der Waals surface area contributed by atoms with Gasteiger partial charge >= 0.3 is 0 Å². The van der Waals surface area contributed by atoms with Gasteiger partial charge in [0.25, 0.3) is 0 Å². The summed E-state index contributed by atoms with van der Waals surface area (Å²) in [7, 11) is 0. The minimum Gasteiger partial charge on any atom is -0.381 e. The van der Waals surface area contributed by atoms with Crippen LogP contribution in [0.25, 0.3) is 0 Å². The third-order valence-corrected chi connectivity index (χ3v) is 2.99. The van der Waals surface area contributed by atoms with E-state index in [1.54, 1.807) is 0 Å². The van der Waals surface area contributed by atoms with Crippen LogP contribution in [0, 0.1) is 5.92 Å². The molecule has 0 saturated carbocycles. The van der Waals surface area contributed by atoms with Crippen LogP contribution in [0.15, 0.2) is 0 Å². The fourth-order valence-electron chi connectivity index (χ4n) is 2.05. The van der Waals surface area contributed by atoms with Crippen molar-refractivity contribution in [3.63, 3.8) is 0 Å². The molecule has 1 saturated heterocycles. The van der Waals surface area contributed by atoms with Gasteiger partial charge in [0.1, 0.15) is 0 Å². The van der Waals surface area contributed by atoms with Crippen LogP contribution in [0.1, 0.15) is 33.1 Å². The van der Waals surface area contributed by atoms with E-state index in [4.69, 9.17) is 9.47 Å². The van der Waals surface area contributed by atoms with Crippen LogP contribution >= 0.6 is 0 Å². The van der Waals surface area contributed by atoms with E-state index in [9.17, 15) is 0 Å². The molecule has 15 heavy (non-hydrogen) atoms. The van der Waals surface area contributed by atoms with Crippen LogP contribution in [0.5, 0.6) is 0 Å². The van der Waals surface area contributed by atoms with Crippen LogP contribution in [-0.2, 0) is 9.47 Å². The smallest absolute Gasteiger partial charge is 0.0622 e. The molecule has 1 atom stereocenters. The molecule has 0 aromatic rings. The zero-order chi connectivity index (χ0) is 10.9. The Morgan fingerprint density at radius 2 is 2.07 bits per heavy atom. The Labute approximate surface area is 93.5 Å². The zero-order valence-electron chi connectivity index (χ0n) is 10.1. The first-order valence-corrected chi connectivity index (χ1v) is 6.27. The van der Waals surface area contributed by atoms with Gasteiger partial charge in [-0.2, -0.15) is 0 Å². The summed E-state index contributed by atoms with van der Waals surface area (Å²) in [6.45, 7) is 8.85. The molecule has 90 valence electrons. The fraction of sp³-hybridized carbons (Fsp3) is 1.00. The second kappa shape index (κ2) is 8.08. The standard InChI is InChI=1S/C12H25NO2/c1-3-7-13-12(10-14-4-2)11-5-8-15-9-6-11/h11-13H,3-10H2,1-2H3. The number of nitrogens with one attached hydrogen (secondary N) is 1. The molecule has 0 aromatic carbocycles. The summed E-state index contributed by atoms with van der Waals surface area (Å²) in [6, 6.07) is 0.522.